The smallest absolute Gasteiger partial charge is 0.261 e. The maximum absolute atomic E-state index is 11.8. The van der Waals surface area contributed by atoms with Crippen molar-refractivity contribution in [3.8, 4) is 0 Å². The van der Waals surface area contributed by atoms with Crippen LogP contribution in [0.25, 0.3) is 0 Å². The molecule has 0 saturated heterocycles. The number of aromatic amines is 1. The third-order valence-electron chi connectivity index (χ3n) is 2.09. The van der Waals surface area contributed by atoms with E-state index < -0.39 is 13.0 Å². The van der Waals surface area contributed by atoms with E-state index in [1.165, 1.54) is 0 Å². The highest BCUT2D eigenvalue weighted by Gasteiger charge is 2.03. The largest absolute Gasteiger partial charge is 0.375 e. The molecule has 0 aliphatic heterocycles. The quantitative estimate of drug-likeness (QED) is 0.606. The molecule has 0 spiro atoms. The van der Waals surface area contributed by atoms with E-state index in [4.69, 9.17) is 17.0 Å². The lowest BCUT2D eigenvalue weighted by molar-refractivity contribution is 0.0182. The topological polar surface area (TPSA) is 37.9 Å². The number of halogens is 2. The van der Waals surface area contributed by atoms with Crippen LogP contribution in [-0.2, 0) is 17.6 Å². The molecule has 1 N–H and O–H groups in total. The number of alkyl halides is 2. The predicted octanol–water partition coefficient (Wildman–Crippen LogP) is 2.92. The SMILES string of the molecule is CCCc1cc(=S)nc(CCOCC(F)F)[nH]1. The average Bonchev–Trinajstić information content (AvgIpc) is 2.24. The Bertz CT molecular complexity index is 395. The zero-order valence-electron chi connectivity index (χ0n) is 9.71. The Morgan fingerprint density at radius 2 is 2.24 bits per heavy atom. The first kappa shape index (κ1) is 14.2. The van der Waals surface area contributed by atoms with Crippen molar-refractivity contribution in [2.24, 2.45) is 0 Å². The minimum atomic E-state index is -2.42. The molecule has 0 aromatic carbocycles. The molecule has 6 heteroatoms. The minimum absolute atomic E-state index is 0.220. The van der Waals surface area contributed by atoms with E-state index >= 15 is 0 Å². The number of rotatable bonds is 7. The first-order valence-electron chi connectivity index (χ1n) is 5.56. The van der Waals surface area contributed by atoms with Gasteiger partial charge >= 0.3 is 0 Å². The van der Waals surface area contributed by atoms with Gasteiger partial charge in [0.25, 0.3) is 6.43 Å². The van der Waals surface area contributed by atoms with Crippen LogP contribution in [0.5, 0.6) is 0 Å². The second kappa shape index (κ2) is 7.45. The van der Waals surface area contributed by atoms with Crippen molar-refractivity contribution in [2.75, 3.05) is 13.2 Å². The molecule has 0 atom stereocenters. The van der Waals surface area contributed by atoms with Gasteiger partial charge in [0, 0.05) is 12.1 Å². The van der Waals surface area contributed by atoms with Gasteiger partial charge in [-0.1, -0.05) is 25.6 Å². The fourth-order valence-electron chi connectivity index (χ4n) is 1.43. The summed E-state index contributed by atoms with van der Waals surface area (Å²) in [5, 5.41) is 0. The Morgan fingerprint density at radius 3 is 2.88 bits per heavy atom. The molecule has 0 unspecified atom stereocenters. The number of nitrogens with one attached hydrogen (secondary N) is 1. The van der Waals surface area contributed by atoms with Crippen LogP contribution in [0.1, 0.15) is 24.9 Å². The van der Waals surface area contributed by atoms with Gasteiger partial charge in [-0.25, -0.2) is 13.8 Å². The number of aromatic nitrogens is 2. The Labute approximate surface area is 104 Å². The Kier molecular flexibility index (Phi) is 6.21. The van der Waals surface area contributed by atoms with Crippen LogP contribution in [0.3, 0.4) is 0 Å². The van der Waals surface area contributed by atoms with Crippen molar-refractivity contribution in [3.05, 3.63) is 22.2 Å². The summed E-state index contributed by atoms with van der Waals surface area (Å²) in [6, 6.07) is 1.82. The minimum Gasteiger partial charge on any atom is -0.375 e. The highest BCUT2D eigenvalue weighted by molar-refractivity contribution is 7.71. The zero-order valence-corrected chi connectivity index (χ0v) is 10.5. The summed E-state index contributed by atoms with van der Waals surface area (Å²) >= 11 is 5.03. The molecule has 17 heavy (non-hydrogen) atoms. The predicted molar refractivity (Wildman–Crippen MR) is 63.9 cm³/mol. The summed E-state index contributed by atoms with van der Waals surface area (Å²) in [5.74, 6) is 0.690. The normalized spacial score (nSPS) is 11.1. The van der Waals surface area contributed by atoms with Crippen molar-refractivity contribution < 1.29 is 13.5 Å². The van der Waals surface area contributed by atoms with E-state index in [0.717, 1.165) is 18.5 Å². The van der Waals surface area contributed by atoms with Crippen LogP contribution in [0.2, 0.25) is 0 Å². The second-order valence-corrected chi connectivity index (χ2v) is 4.08. The molecule has 1 heterocycles. The number of H-pyrrole nitrogens is 1. The van der Waals surface area contributed by atoms with Gasteiger partial charge in [0.05, 0.1) is 6.61 Å². The van der Waals surface area contributed by atoms with Gasteiger partial charge < -0.3 is 9.72 Å². The molecule has 96 valence electrons. The lowest BCUT2D eigenvalue weighted by atomic mass is 10.2. The van der Waals surface area contributed by atoms with Crippen LogP contribution >= 0.6 is 12.2 Å². The summed E-state index contributed by atoms with van der Waals surface area (Å²) in [5.41, 5.74) is 1.02. The third-order valence-corrected chi connectivity index (χ3v) is 2.30. The maximum Gasteiger partial charge on any atom is 0.261 e. The average molecular weight is 262 g/mol. The van der Waals surface area contributed by atoms with E-state index in [9.17, 15) is 8.78 Å². The number of hydrogen-bond acceptors (Lipinski definition) is 3. The second-order valence-electron chi connectivity index (χ2n) is 3.66. The van der Waals surface area contributed by atoms with Crippen molar-refractivity contribution in [2.45, 2.75) is 32.6 Å². The van der Waals surface area contributed by atoms with Gasteiger partial charge in [0.15, 0.2) is 0 Å². The zero-order chi connectivity index (χ0) is 12.7. The number of hydrogen-bond donors (Lipinski definition) is 1. The number of aryl methyl sites for hydroxylation is 1. The van der Waals surface area contributed by atoms with Crippen molar-refractivity contribution in [3.63, 3.8) is 0 Å². The van der Waals surface area contributed by atoms with Gasteiger partial charge in [-0.05, 0) is 12.5 Å². The fraction of sp³-hybridized carbons (Fsp3) is 0.636. The molecule has 1 aromatic rings. The molecule has 0 amide bonds. The van der Waals surface area contributed by atoms with Crippen molar-refractivity contribution >= 4 is 12.2 Å². The Balaban J connectivity index is 2.50. The first-order chi connectivity index (χ1) is 8.11. The van der Waals surface area contributed by atoms with E-state index in [1.54, 1.807) is 0 Å². The van der Waals surface area contributed by atoms with Gasteiger partial charge in [-0.3, -0.25) is 0 Å². The lowest BCUT2D eigenvalue weighted by Gasteiger charge is -2.06. The van der Waals surface area contributed by atoms with Crippen molar-refractivity contribution in [1.82, 2.24) is 9.97 Å². The summed E-state index contributed by atoms with van der Waals surface area (Å²) in [6.07, 6.45) is -0.0467. The molecule has 0 aliphatic rings. The molecule has 0 bridgehead atoms. The fourth-order valence-corrected chi connectivity index (χ4v) is 1.68. The maximum atomic E-state index is 11.8. The molecular weight excluding hydrogens is 246 g/mol. The number of nitrogens with zero attached hydrogens (tertiary/aromatic N) is 1. The number of ether oxygens (including phenoxy) is 1. The van der Waals surface area contributed by atoms with Gasteiger partial charge in [-0.15, -0.1) is 0 Å². The first-order valence-corrected chi connectivity index (χ1v) is 5.97. The van der Waals surface area contributed by atoms with Crippen LogP contribution < -0.4 is 0 Å². The van der Waals surface area contributed by atoms with Crippen molar-refractivity contribution in [1.29, 1.82) is 0 Å². The molecule has 1 aromatic heterocycles. The third kappa shape index (κ3) is 5.83. The van der Waals surface area contributed by atoms with E-state index in [2.05, 4.69) is 16.9 Å². The van der Waals surface area contributed by atoms with Gasteiger partial charge in [0.1, 0.15) is 17.1 Å². The summed E-state index contributed by atoms with van der Waals surface area (Å²) in [7, 11) is 0. The summed E-state index contributed by atoms with van der Waals surface area (Å²) < 4.78 is 29.0. The molecular formula is C11H16F2N2OS. The van der Waals surface area contributed by atoms with Crippen LogP contribution in [0.4, 0.5) is 8.78 Å². The molecule has 1 rings (SSSR count). The monoisotopic (exact) mass is 262 g/mol. The highest BCUT2D eigenvalue weighted by atomic mass is 32.1. The van der Waals surface area contributed by atoms with E-state index in [-0.39, 0.29) is 6.61 Å². The van der Waals surface area contributed by atoms with E-state index in [1.807, 2.05) is 6.07 Å². The summed E-state index contributed by atoms with van der Waals surface area (Å²) in [4.78, 5) is 7.25. The van der Waals surface area contributed by atoms with Gasteiger partial charge in [-0.2, -0.15) is 0 Å². The van der Waals surface area contributed by atoms with Crippen LogP contribution in [0, 0.1) is 4.64 Å². The molecule has 0 saturated carbocycles. The molecule has 3 nitrogen and oxygen atoms in total. The summed E-state index contributed by atoms with van der Waals surface area (Å²) in [6.45, 7) is 1.76. The van der Waals surface area contributed by atoms with Crippen LogP contribution in [-0.4, -0.2) is 29.6 Å². The van der Waals surface area contributed by atoms with E-state index in [0.29, 0.717) is 16.9 Å². The standard InChI is InChI=1S/C11H16F2N2OS/c1-2-3-8-6-11(17)15-10(14-8)4-5-16-7-9(12)13/h6,9H,2-5,7H2,1H3,(H,14,15,17). The Hall–Kier alpha value is -0.880. The molecule has 0 fully saturated rings. The van der Waals surface area contributed by atoms with Crippen LogP contribution in [0.15, 0.2) is 6.07 Å². The lowest BCUT2D eigenvalue weighted by Crippen LogP contribution is -2.09. The molecule has 0 aliphatic carbocycles. The highest BCUT2D eigenvalue weighted by Crippen LogP contribution is 2.02. The Morgan fingerprint density at radius 1 is 1.47 bits per heavy atom. The van der Waals surface area contributed by atoms with Gasteiger partial charge in [0.2, 0.25) is 0 Å². The molecule has 0 radical (unpaired) electrons.